The van der Waals surface area contributed by atoms with Crippen LogP contribution >= 0.6 is 27.3 Å². The molecule has 4 heteroatoms. The van der Waals surface area contributed by atoms with Crippen LogP contribution < -0.4 is 0 Å². The maximum Gasteiger partial charge on any atom is 0.135 e. The lowest BCUT2D eigenvalue weighted by atomic mass is 10.1. The Morgan fingerprint density at radius 3 is 2.60 bits per heavy atom. The van der Waals surface area contributed by atoms with E-state index < -0.39 is 0 Å². The monoisotopic (exact) mass is 340 g/mol. The molecule has 20 heavy (non-hydrogen) atoms. The Morgan fingerprint density at radius 2 is 1.90 bits per heavy atom. The van der Waals surface area contributed by atoms with Crippen LogP contribution in [0.5, 0.6) is 0 Å². The molecule has 0 aliphatic heterocycles. The minimum atomic E-state index is 0.591. The molecule has 3 aromatic rings. The number of hydrogen-bond donors (Lipinski definition) is 0. The standard InChI is InChI=1S/C16H9BrN2S/c17-13-7-5-11(6-8-13)9-12(10-18)16-19-14-3-1-2-4-15(14)20-16/h1-9H/b12-9+. The fourth-order valence-electron chi connectivity index (χ4n) is 1.85. The van der Waals surface area contributed by atoms with Crippen molar-refractivity contribution in [1.82, 2.24) is 4.98 Å². The summed E-state index contributed by atoms with van der Waals surface area (Å²) < 4.78 is 2.12. The Bertz CT molecular complexity index is 793. The molecule has 3 rings (SSSR count). The molecule has 0 aliphatic rings. The summed E-state index contributed by atoms with van der Waals surface area (Å²) in [5.41, 5.74) is 2.52. The number of rotatable bonds is 2. The van der Waals surface area contributed by atoms with Crippen molar-refractivity contribution in [2.24, 2.45) is 0 Å². The molecular weight excluding hydrogens is 332 g/mol. The highest BCUT2D eigenvalue weighted by Gasteiger charge is 2.08. The normalized spacial score (nSPS) is 11.5. The van der Waals surface area contributed by atoms with Crippen LogP contribution in [0, 0.1) is 11.3 Å². The second kappa shape index (κ2) is 5.58. The number of halogens is 1. The number of para-hydroxylation sites is 1. The molecule has 0 atom stereocenters. The molecule has 0 spiro atoms. The van der Waals surface area contributed by atoms with Gasteiger partial charge in [-0.25, -0.2) is 4.98 Å². The number of aromatic nitrogens is 1. The molecule has 0 radical (unpaired) electrons. The molecule has 0 N–H and O–H groups in total. The lowest BCUT2D eigenvalue weighted by Gasteiger charge is -1.95. The fraction of sp³-hybridized carbons (Fsp3) is 0. The van der Waals surface area contributed by atoms with Gasteiger partial charge in [-0.05, 0) is 35.9 Å². The van der Waals surface area contributed by atoms with E-state index in [-0.39, 0.29) is 0 Å². The maximum atomic E-state index is 9.36. The predicted octanol–water partition coefficient (Wildman–Crippen LogP) is 5.12. The zero-order valence-electron chi connectivity index (χ0n) is 10.4. The Labute approximate surface area is 129 Å². The van der Waals surface area contributed by atoms with Crippen molar-refractivity contribution in [3.05, 3.63) is 63.6 Å². The van der Waals surface area contributed by atoms with Crippen LogP contribution in [0.4, 0.5) is 0 Å². The average Bonchev–Trinajstić information content (AvgIpc) is 2.90. The first-order chi connectivity index (χ1) is 9.76. The summed E-state index contributed by atoms with van der Waals surface area (Å²) >= 11 is 4.94. The van der Waals surface area contributed by atoms with Gasteiger partial charge in [0, 0.05) is 4.47 Å². The summed E-state index contributed by atoms with van der Waals surface area (Å²) in [5.74, 6) is 0. The number of nitriles is 1. The highest BCUT2D eigenvalue weighted by atomic mass is 79.9. The highest BCUT2D eigenvalue weighted by molar-refractivity contribution is 9.10. The largest absolute Gasteiger partial charge is 0.235 e. The van der Waals surface area contributed by atoms with Crippen LogP contribution in [-0.4, -0.2) is 4.98 Å². The highest BCUT2D eigenvalue weighted by Crippen LogP contribution is 2.28. The molecule has 96 valence electrons. The smallest absolute Gasteiger partial charge is 0.135 e. The third kappa shape index (κ3) is 2.64. The molecule has 0 aliphatic carbocycles. The Hall–Kier alpha value is -1.96. The Morgan fingerprint density at radius 1 is 1.15 bits per heavy atom. The molecule has 1 aromatic heterocycles. The van der Waals surface area contributed by atoms with E-state index in [1.165, 1.54) is 0 Å². The average molecular weight is 341 g/mol. The summed E-state index contributed by atoms with van der Waals surface area (Å²) in [5, 5.41) is 10.1. The third-order valence-corrected chi connectivity index (χ3v) is 4.42. The van der Waals surface area contributed by atoms with Gasteiger partial charge in [0.1, 0.15) is 11.1 Å². The van der Waals surface area contributed by atoms with Gasteiger partial charge in [-0.3, -0.25) is 0 Å². The molecule has 0 fully saturated rings. The Kier molecular flexibility index (Phi) is 3.64. The van der Waals surface area contributed by atoms with Gasteiger partial charge in [-0.2, -0.15) is 5.26 Å². The number of hydrogen-bond acceptors (Lipinski definition) is 3. The molecule has 0 saturated carbocycles. The maximum absolute atomic E-state index is 9.36. The van der Waals surface area contributed by atoms with E-state index in [1.54, 1.807) is 11.3 Å². The lowest BCUT2D eigenvalue weighted by Crippen LogP contribution is -1.80. The van der Waals surface area contributed by atoms with Crippen LogP contribution in [0.1, 0.15) is 10.6 Å². The molecule has 1 heterocycles. The van der Waals surface area contributed by atoms with Crippen LogP contribution in [0.2, 0.25) is 0 Å². The summed E-state index contributed by atoms with van der Waals surface area (Å²) in [6.07, 6.45) is 1.87. The van der Waals surface area contributed by atoms with Crippen molar-refractivity contribution in [2.45, 2.75) is 0 Å². The van der Waals surface area contributed by atoms with E-state index in [9.17, 15) is 5.26 Å². The van der Waals surface area contributed by atoms with Crippen LogP contribution in [0.25, 0.3) is 21.9 Å². The minimum absolute atomic E-state index is 0.591. The molecule has 0 amide bonds. The van der Waals surface area contributed by atoms with Crippen molar-refractivity contribution >= 4 is 49.1 Å². The number of nitrogens with zero attached hydrogens (tertiary/aromatic N) is 2. The van der Waals surface area contributed by atoms with Gasteiger partial charge in [0.05, 0.1) is 15.8 Å². The van der Waals surface area contributed by atoms with Crippen molar-refractivity contribution in [2.75, 3.05) is 0 Å². The van der Waals surface area contributed by atoms with Crippen LogP contribution in [0.15, 0.2) is 53.0 Å². The van der Waals surface area contributed by atoms with E-state index >= 15 is 0 Å². The van der Waals surface area contributed by atoms with E-state index in [2.05, 4.69) is 27.0 Å². The van der Waals surface area contributed by atoms with Crippen molar-refractivity contribution in [1.29, 1.82) is 5.26 Å². The van der Waals surface area contributed by atoms with Gasteiger partial charge in [0.15, 0.2) is 0 Å². The SMILES string of the molecule is N#C/C(=C\c1ccc(Br)cc1)c1nc2ccccc2s1. The quantitative estimate of drug-likeness (QED) is 0.607. The van der Waals surface area contributed by atoms with Gasteiger partial charge >= 0.3 is 0 Å². The van der Waals surface area contributed by atoms with Crippen molar-refractivity contribution in [3.8, 4) is 6.07 Å². The number of thiazole rings is 1. The first-order valence-corrected chi connectivity index (χ1v) is 7.60. The number of benzene rings is 2. The molecular formula is C16H9BrN2S. The van der Waals surface area contributed by atoms with Crippen molar-refractivity contribution in [3.63, 3.8) is 0 Å². The minimum Gasteiger partial charge on any atom is -0.235 e. The van der Waals surface area contributed by atoms with E-state index in [4.69, 9.17) is 0 Å². The lowest BCUT2D eigenvalue weighted by molar-refractivity contribution is 1.43. The topological polar surface area (TPSA) is 36.7 Å². The predicted molar refractivity (Wildman–Crippen MR) is 87.2 cm³/mol. The Balaban J connectivity index is 2.05. The van der Waals surface area contributed by atoms with Gasteiger partial charge in [-0.1, -0.05) is 40.2 Å². The second-order valence-corrected chi connectivity index (χ2v) is 6.15. The zero-order valence-corrected chi connectivity index (χ0v) is 12.8. The summed E-state index contributed by atoms with van der Waals surface area (Å²) in [6, 6.07) is 18.0. The van der Waals surface area contributed by atoms with Gasteiger partial charge in [0.25, 0.3) is 0 Å². The molecule has 2 nitrogen and oxygen atoms in total. The van der Waals surface area contributed by atoms with Crippen LogP contribution in [-0.2, 0) is 0 Å². The molecule has 0 saturated heterocycles. The van der Waals surface area contributed by atoms with E-state index in [0.717, 1.165) is 25.3 Å². The van der Waals surface area contributed by atoms with Crippen molar-refractivity contribution < 1.29 is 0 Å². The summed E-state index contributed by atoms with van der Waals surface area (Å²) in [7, 11) is 0. The zero-order chi connectivity index (χ0) is 13.9. The van der Waals surface area contributed by atoms with E-state index in [0.29, 0.717) is 5.57 Å². The van der Waals surface area contributed by atoms with E-state index in [1.807, 2.05) is 54.6 Å². The number of fused-ring (bicyclic) bond motifs is 1. The number of allylic oxidation sites excluding steroid dienone is 1. The third-order valence-electron chi connectivity index (χ3n) is 2.83. The summed E-state index contributed by atoms with van der Waals surface area (Å²) in [4.78, 5) is 4.52. The first-order valence-electron chi connectivity index (χ1n) is 5.99. The fourth-order valence-corrected chi connectivity index (χ4v) is 3.05. The second-order valence-electron chi connectivity index (χ2n) is 4.21. The first kappa shape index (κ1) is 13.0. The van der Waals surface area contributed by atoms with Gasteiger partial charge in [-0.15, -0.1) is 11.3 Å². The molecule has 2 aromatic carbocycles. The van der Waals surface area contributed by atoms with Crippen LogP contribution in [0.3, 0.4) is 0 Å². The van der Waals surface area contributed by atoms with Gasteiger partial charge < -0.3 is 0 Å². The molecule has 0 unspecified atom stereocenters. The summed E-state index contributed by atoms with van der Waals surface area (Å²) in [6.45, 7) is 0. The molecule has 0 bridgehead atoms. The van der Waals surface area contributed by atoms with Gasteiger partial charge in [0.2, 0.25) is 0 Å².